The van der Waals surface area contributed by atoms with Gasteiger partial charge in [-0.25, -0.2) is 18.2 Å². The number of fused-ring (bicyclic) bond motifs is 1. The molecule has 5 rings (SSSR count). The lowest BCUT2D eigenvalue weighted by molar-refractivity contribution is -0.137. The Morgan fingerprint density at radius 3 is 2.37 bits per heavy atom. The summed E-state index contributed by atoms with van der Waals surface area (Å²) >= 11 is 0. The number of amides is 1. The van der Waals surface area contributed by atoms with Crippen molar-refractivity contribution in [1.82, 2.24) is 9.31 Å². The fourth-order valence-corrected chi connectivity index (χ4v) is 7.25. The predicted octanol–water partition coefficient (Wildman–Crippen LogP) is 5.40. The topological polar surface area (TPSA) is 117 Å². The van der Waals surface area contributed by atoms with E-state index < -0.39 is 34.3 Å². The molecule has 1 N–H and O–H groups in total. The molecule has 1 aliphatic carbocycles. The van der Waals surface area contributed by atoms with Crippen LogP contribution in [0.25, 0.3) is 6.08 Å². The Balaban J connectivity index is 1.40. The molecule has 10 heteroatoms. The number of carbonyl (C=O) groups excluding carboxylic acids is 2. The largest absolute Gasteiger partial charge is 0.507 e. The summed E-state index contributed by atoms with van der Waals surface area (Å²) in [5.74, 6) is -1.99. The number of esters is 1. The number of aromatic hydroxyl groups is 1. The normalized spacial score (nSPS) is 19.3. The van der Waals surface area contributed by atoms with Crippen molar-refractivity contribution in [1.29, 1.82) is 0 Å². The third-order valence-electron chi connectivity index (χ3n) is 7.90. The summed E-state index contributed by atoms with van der Waals surface area (Å²) in [5.41, 5.74) is 3.58. The van der Waals surface area contributed by atoms with Crippen LogP contribution < -0.4 is 0 Å². The van der Waals surface area contributed by atoms with Gasteiger partial charge in [-0.3, -0.25) is 4.79 Å². The van der Waals surface area contributed by atoms with E-state index >= 15 is 0 Å². The smallest absolute Gasteiger partial charge is 0.342 e. The maximum absolute atomic E-state index is 13.6. The second kappa shape index (κ2) is 12.9. The van der Waals surface area contributed by atoms with Gasteiger partial charge in [0.1, 0.15) is 11.3 Å². The molecule has 1 aliphatic heterocycles. The Kier molecular flexibility index (Phi) is 9.08. The Labute approximate surface area is 252 Å². The average molecular weight is 602 g/mol. The number of sulfonamides is 1. The van der Waals surface area contributed by atoms with E-state index in [1.807, 2.05) is 60.7 Å². The number of hydrogen-bond acceptors (Lipinski definition) is 7. The Morgan fingerprint density at radius 2 is 1.70 bits per heavy atom. The number of nitrogens with zero attached hydrogens (tertiary/aromatic N) is 3. The second-order valence-corrected chi connectivity index (χ2v) is 12.4. The molecule has 2 aliphatic rings. The number of carbonyl (C=O) groups is 2. The van der Waals surface area contributed by atoms with Crippen LogP contribution in [0.15, 0.2) is 94.4 Å². The maximum atomic E-state index is 13.6. The summed E-state index contributed by atoms with van der Waals surface area (Å²) in [6.45, 7) is 3.29. The minimum Gasteiger partial charge on any atom is -0.507 e. The quantitative estimate of drug-likeness (QED) is 0.328. The first-order chi connectivity index (χ1) is 20.7. The van der Waals surface area contributed by atoms with Gasteiger partial charge in [0.25, 0.3) is 5.91 Å². The summed E-state index contributed by atoms with van der Waals surface area (Å²) in [7, 11) is -3.88. The van der Waals surface area contributed by atoms with E-state index in [1.165, 1.54) is 15.4 Å². The molecule has 224 valence electrons. The van der Waals surface area contributed by atoms with Crippen LogP contribution in [0.3, 0.4) is 0 Å². The first kappa shape index (κ1) is 30.2. The minimum absolute atomic E-state index is 0.0169. The fourth-order valence-electron chi connectivity index (χ4n) is 5.76. The van der Waals surface area contributed by atoms with Gasteiger partial charge < -0.3 is 9.84 Å². The molecule has 0 bridgehead atoms. The molecule has 1 amide bonds. The van der Waals surface area contributed by atoms with Crippen molar-refractivity contribution in [2.45, 2.75) is 44.0 Å². The molecule has 3 aromatic carbocycles. The summed E-state index contributed by atoms with van der Waals surface area (Å²) in [4.78, 5) is 26.5. The zero-order chi connectivity index (χ0) is 30.6. The van der Waals surface area contributed by atoms with Crippen molar-refractivity contribution in [3.05, 3.63) is 101 Å². The summed E-state index contributed by atoms with van der Waals surface area (Å²) in [6.07, 6.45) is 4.77. The zero-order valence-electron chi connectivity index (χ0n) is 24.2. The Morgan fingerprint density at radius 1 is 1.02 bits per heavy atom. The van der Waals surface area contributed by atoms with Crippen LogP contribution in [-0.4, -0.2) is 60.1 Å². The highest BCUT2D eigenvalue weighted by Crippen LogP contribution is 2.44. The van der Waals surface area contributed by atoms with Crippen molar-refractivity contribution in [3.8, 4) is 5.75 Å². The van der Waals surface area contributed by atoms with E-state index in [2.05, 4.69) is 6.08 Å². The van der Waals surface area contributed by atoms with Crippen LogP contribution in [0.2, 0.25) is 0 Å². The molecular formula is C33H35N3O6S. The molecule has 1 heterocycles. The third kappa shape index (κ3) is 6.25. The molecular weight excluding hydrogens is 566 g/mol. The number of hydrogen-bond donors (Lipinski definition) is 1. The molecule has 2 atom stereocenters. The van der Waals surface area contributed by atoms with Gasteiger partial charge in [-0.1, -0.05) is 74.5 Å². The van der Waals surface area contributed by atoms with Crippen molar-refractivity contribution < 1.29 is 27.9 Å². The molecule has 1 saturated carbocycles. The average Bonchev–Trinajstić information content (AvgIpc) is 3.42. The van der Waals surface area contributed by atoms with Crippen molar-refractivity contribution in [3.63, 3.8) is 0 Å². The Hall–Kier alpha value is -4.28. The first-order valence-electron chi connectivity index (χ1n) is 14.5. The lowest BCUT2D eigenvalue weighted by Gasteiger charge is -2.29. The summed E-state index contributed by atoms with van der Waals surface area (Å²) in [5, 5.41) is 16.6. The van der Waals surface area contributed by atoms with Gasteiger partial charge in [0.2, 0.25) is 10.0 Å². The standard InChI is InChI=1S/C33H35N3O6S/c1-3-35(4-2)43(40,41)26-18-19-29(37)28(21-26)33(39)42-22-30(38)36-32(24-14-9-6-10-15-24)27-17-11-16-25(31(27)34-36)20-23-12-7-5-8-13-23/h5-10,12-15,18-21,27,32,37H,3-4,11,16-17,22H2,1-2H3. The van der Waals surface area contributed by atoms with E-state index in [4.69, 9.17) is 9.84 Å². The second-order valence-electron chi connectivity index (χ2n) is 10.5. The van der Waals surface area contributed by atoms with E-state index in [0.717, 1.165) is 53.8 Å². The van der Waals surface area contributed by atoms with Gasteiger partial charge in [-0.2, -0.15) is 9.41 Å². The molecule has 0 radical (unpaired) electrons. The first-order valence-corrected chi connectivity index (χ1v) is 15.9. The van der Waals surface area contributed by atoms with Crippen LogP contribution in [0.1, 0.15) is 60.6 Å². The highest BCUT2D eigenvalue weighted by molar-refractivity contribution is 7.89. The highest BCUT2D eigenvalue weighted by atomic mass is 32.2. The SMILES string of the molecule is CCN(CC)S(=O)(=O)c1ccc(O)c(C(=O)OCC(=O)N2N=C3C(=Cc4ccccc4)CCCC3C2c2ccccc2)c1. The van der Waals surface area contributed by atoms with E-state index in [1.54, 1.807) is 13.8 Å². The van der Waals surface area contributed by atoms with Gasteiger partial charge in [0.15, 0.2) is 6.61 Å². The van der Waals surface area contributed by atoms with E-state index in [9.17, 15) is 23.1 Å². The Bertz CT molecular complexity index is 1650. The summed E-state index contributed by atoms with van der Waals surface area (Å²) in [6, 6.07) is 22.7. The zero-order valence-corrected chi connectivity index (χ0v) is 25.0. The minimum atomic E-state index is -3.88. The number of benzene rings is 3. The third-order valence-corrected chi connectivity index (χ3v) is 9.94. The molecule has 0 spiro atoms. The molecule has 3 aromatic rings. The molecule has 2 unspecified atom stereocenters. The molecule has 1 fully saturated rings. The monoisotopic (exact) mass is 601 g/mol. The number of allylic oxidation sites excluding steroid dienone is 1. The van der Waals surface area contributed by atoms with Crippen molar-refractivity contribution in [2.75, 3.05) is 19.7 Å². The predicted molar refractivity (Wildman–Crippen MR) is 164 cm³/mol. The summed E-state index contributed by atoms with van der Waals surface area (Å²) < 4.78 is 32.5. The number of phenols is 1. The van der Waals surface area contributed by atoms with E-state index in [0.29, 0.717) is 0 Å². The van der Waals surface area contributed by atoms with Gasteiger partial charge >= 0.3 is 5.97 Å². The molecule has 9 nitrogen and oxygen atoms in total. The van der Waals surface area contributed by atoms with E-state index in [-0.39, 0.29) is 35.5 Å². The molecule has 43 heavy (non-hydrogen) atoms. The number of ether oxygens (including phenoxy) is 1. The van der Waals surface area contributed by atoms with Crippen molar-refractivity contribution in [2.24, 2.45) is 11.0 Å². The highest BCUT2D eigenvalue weighted by Gasteiger charge is 2.43. The number of rotatable bonds is 9. The van der Waals surface area contributed by atoms with Crippen molar-refractivity contribution >= 4 is 33.7 Å². The lowest BCUT2D eigenvalue weighted by atomic mass is 9.77. The van der Waals surface area contributed by atoms with Crippen LogP contribution >= 0.6 is 0 Å². The van der Waals surface area contributed by atoms with Gasteiger partial charge in [0, 0.05) is 19.0 Å². The van der Waals surface area contributed by atoms with Crippen LogP contribution in [0.4, 0.5) is 0 Å². The lowest BCUT2D eigenvalue weighted by Crippen LogP contribution is -2.34. The molecule has 0 aromatic heterocycles. The number of phenolic OH excluding ortho intramolecular Hbond substituents is 1. The van der Waals surface area contributed by atoms with Gasteiger partial charge in [-0.05, 0) is 60.2 Å². The number of hydrazone groups is 1. The van der Waals surface area contributed by atoms with Gasteiger partial charge in [-0.15, -0.1) is 0 Å². The maximum Gasteiger partial charge on any atom is 0.342 e. The van der Waals surface area contributed by atoms with Crippen LogP contribution in [-0.2, 0) is 19.6 Å². The molecule has 0 saturated heterocycles. The van der Waals surface area contributed by atoms with Crippen LogP contribution in [0.5, 0.6) is 5.75 Å². The van der Waals surface area contributed by atoms with Crippen LogP contribution in [0, 0.1) is 5.92 Å². The van der Waals surface area contributed by atoms with Gasteiger partial charge in [0.05, 0.1) is 16.6 Å². The fraction of sp³-hybridized carbons (Fsp3) is 0.303.